The van der Waals surface area contributed by atoms with E-state index in [-0.39, 0.29) is 0 Å². The van der Waals surface area contributed by atoms with E-state index in [4.69, 9.17) is 21.8 Å². The molecule has 1 aromatic heterocycles. The van der Waals surface area contributed by atoms with E-state index in [0.29, 0.717) is 24.7 Å². The first-order valence-corrected chi connectivity index (χ1v) is 7.58. The first-order chi connectivity index (χ1) is 11.8. The minimum absolute atomic E-state index is 0.444. The number of ether oxygens (including phenoxy) is 2. The average Bonchev–Trinajstić information content (AvgIpc) is 3.19. The standard InChI is InChI=1S/C19H15N3O2/c1-21-19-18(20)16-11-23-12-17(16)22(19)13-7-9-15(10-8-13)24-14-5-3-2-4-6-14/h2-10H,11-12,20H2. The lowest BCUT2D eigenvalue weighted by Crippen LogP contribution is -1.98. The maximum absolute atomic E-state index is 7.43. The molecule has 1 aliphatic rings. The summed E-state index contributed by atoms with van der Waals surface area (Å²) >= 11 is 0. The molecule has 0 spiro atoms. The highest BCUT2D eigenvalue weighted by molar-refractivity contribution is 5.74. The Bertz CT molecular complexity index is 922. The Balaban J connectivity index is 1.69. The fourth-order valence-corrected chi connectivity index (χ4v) is 2.91. The van der Waals surface area contributed by atoms with Gasteiger partial charge in [-0.25, -0.2) is 0 Å². The average molecular weight is 317 g/mol. The third kappa shape index (κ3) is 2.30. The van der Waals surface area contributed by atoms with Crippen LogP contribution in [0.5, 0.6) is 11.5 Å². The largest absolute Gasteiger partial charge is 0.457 e. The van der Waals surface area contributed by atoms with Crippen LogP contribution in [0.2, 0.25) is 0 Å². The number of nitrogens with two attached hydrogens (primary N) is 1. The van der Waals surface area contributed by atoms with Gasteiger partial charge in [0.2, 0.25) is 0 Å². The van der Waals surface area contributed by atoms with Gasteiger partial charge in [-0.3, -0.25) is 4.57 Å². The molecule has 2 N–H and O–H groups in total. The van der Waals surface area contributed by atoms with Gasteiger partial charge < -0.3 is 20.1 Å². The molecule has 0 bridgehead atoms. The van der Waals surface area contributed by atoms with E-state index in [0.717, 1.165) is 28.4 Å². The van der Waals surface area contributed by atoms with Crippen molar-refractivity contribution in [2.75, 3.05) is 5.73 Å². The molecule has 3 aromatic rings. The van der Waals surface area contributed by atoms with Crippen LogP contribution in [0.4, 0.5) is 11.5 Å². The predicted molar refractivity (Wildman–Crippen MR) is 91.5 cm³/mol. The summed E-state index contributed by atoms with van der Waals surface area (Å²) in [5, 5.41) is 0. The quantitative estimate of drug-likeness (QED) is 0.727. The third-order valence-electron chi connectivity index (χ3n) is 4.06. The van der Waals surface area contributed by atoms with Crippen molar-refractivity contribution >= 4 is 11.5 Å². The van der Waals surface area contributed by atoms with Crippen LogP contribution in [0.1, 0.15) is 11.3 Å². The molecule has 0 saturated heterocycles. The molecule has 5 heteroatoms. The van der Waals surface area contributed by atoms with Crippen molar-refractivity contribution in [2.45, 2.75) is 13.2 Å². The zero-order valence-electron chi connectivity index (χ0n) is 12.9. The number of anilines is 1. The second kappa shape index (κ2) is 5.76. The topological polar surface area (TPSA) is 53.8 Å². The van der Waals surface area contributed by atoms with Gasteiger partial charge in [0, 0.05) is 5.56 Å². The summed E-state index contributed by atoms with van der Waals surface area (Å²) in [6, 6.07) is 17.2. The molecule has 2 aromatic carbocycles. The maximum Gasteiger partial charge on any atom is 0.258 e. The Kier molecular flexibility index (Phi) is 3.45. The minimum Gasteiger partial charge on any atom is -0.457 e. The van der Waals surface area contributed by atoms with Crippen molar-refractivity contribution in [1.29, 1.82) is 0 Å². The number of rotatable bonds is 3. The molecular formula is C19H15N3O2. The lowest BCUT2D eigenvalue weighted by atomic mass is 10.2. The number of hydrogen-bond acceptors (Lipinski definition) is 3. The molecule has 1 aliphatic heterocycles. The van der Waals surface area contributed by atoms with E-state index in [2.05, 4.69) is 4.85 Å². The Hall–Kier alpha value is -3.23. The van der Waals surface area contributed by atoms with Crippen LogP contribution in [0.15, 0.2) is 54.6 Å². The van der Waals surface area contributed by atoms with Gasteiger partial charge in [-0.15, -0.1) is 0 Å². The molecule has 0 amide bonds. The Morgan fingerprint density at radius 2 is 1.71 bits per heavy atom. The highest BCUT2D eigenvalue weighted by atomic mass is 16.5. The highest BCUT2D eigenvalue weighted by Crippen LogP contribution is 2.39. The van der Waals surface area contributed by atoms with Crippen molar-refractivity contribution in [3.63, 3.8) is 0 Å². The molecule has 0 fully saturated rings. The van der Waals surface area contributed by atoms with Crippen molar-refractivity contribution in [2.24, 2.45) is 0 Å². The summed E-state index contributed by atoms with van der Waals surface area (Å²) in [6.45, 7) is 8.37. The summed E-state index contributed by atoms with van der Waals surface area (Å²) < 4.78 is 13.1. The van der Waals surface area contributed by atoms with E-state index in [1.165, 1.54) is 0 Å². The Labute approximate surface area is 139 Å². The molecule has 0 unspecified atom stereocenters. The third-order valence-corrected chi connectivity index (χ3v) is 4.06. The Morgan fingerprint density at radius 1 is 1.00 bits per heavy atom. The molecule has 0 atom stereocenters. The van der Waals surface area contributed by atoms with E-state index >= 15 is 0 Å². The van der Waals surface area contributed by atoms with E-state index in [9.17, 15) is 0 Å². The Morgan fingerprint density at radius 3 is 2.42 bits per heavy atom. The fraction of sp³-hybridized carbons (Fsp3) is 0.105. The van der Waals surface area contributed by atoms with Crippen LogP contribution in [-0.2, 0) is 18.0 Å². The zero-order valence-corrected chi connectivity index (χ0v) is 12.9. The predicted octanol–water partition coefficient (Wildman–Crippen LogP) is 4.43. The number of nitrogen functional groups attached to an aromatic ring is 1. The van der Waals surface area contributed by atoms with Gasteiger partial charge in [-0.2, -0.15) is 0 Å². The van der Waals surface area contributed by atoms with E-state index < -0.39 is 0 Å². The van der Waals surface area contributed by atoms with E-state index in [1.54, 1.807) is 0 Å². The fourth-order valence-electron chi connectivity index (χ4n) is 2.91. The van der Waals surface area contributed by atoms with Gasteiger partial charge in [0.15, 0.2) is 0 Å². The molecule has 0 aliphatic carbocycles. The van der Waals surface area contributed by atoms with Crippen LogP contribution >= 0.6 is 0 Å². The van der Waals surface area contributed by atoms with Crippen molar-refractivity contribution in [1.82, 2.24) is 4.57 Å². The zero-order chi connectivity index (χ0) is 16.5. The first-order valence-electron chi connectivity index (χ1n) is 7.58. The monoisotopic (exact) mass is 317 g/mol. The van der Waals surface area contributed by atoms with Gasteiger partial charge in [-0.1, -0.05) is 24.8 Å². The first kappa shape index (κ1) is 14.4. The minimum atomic E-state index is 0.444. The number of fused-ring (bicyclic) bond motifs is 1. The second-order valence-corrected chi connectivity index (χ2v) is 5.51. The number of para-hydroxylation sites is 1. The number of hydrogen-bond donors (Lipinski definition) is 1. The smallest absolute Gasteiger partial charge is 0.258 e. The maximum atomic E-state index is 7.43. The van der Waals surface area contributed by atoms with Gasteiger partial charge in [-0.05, 0) is 36.4 Å². The van der Waals surface area contributed by atoms with Gasteiger partial charge >= 0.3 is 0 Å². The molecular weight excluding hydrogens is 302 g/mol. The normalized spacial score (nSPS) is 12.6. The summed E-state index contributed by atoms with van der Waals surface area (Å²) in [5.74, 6) is 1.97. The van der Waals surface area contributed by atoms with Gasteiger partial charge in [0.1, 0.15) is 29.5 Å². The lowest BCUT2D eigenvalue weighted by Gasteiger charge is -2.08. The van der Waals surface area contributed by atoms with Crippen LogP contribution in [0.3, 0.4) is 0 Å². The molecule has 5 nitrogen and oxygen atoms in total. The molecule has 0 radical (unpaired) electrons. The SMILES string of the molecule is [C-]#[N+]c1c(N)c2c(n1-c1ccc(Oc3ccccc3)cc1)COC2. The van der Waals surface area contributed by atoms with Crippen LogP contribution in [0.25, 0.3) is 10.5 Å². The van der Waals surface area contributed by atoms with Gasteiger partial charge in [0.25, 0.3) is 5.82 Å². The van der Waals surface area contributed by atoms with Crippen molar-refractivity contribution < 1.29 is 9.47 Å². The highest BCUT2D eigenvalue weighted by Gasteiger charge is 2.28. The molecule has 24 heavy (non-hydrogen) atoms. The molecule has 2 heterocycles. The molecule has 4 rings (SSSR count). The van der Waals surface area contributed by atoms with E-state index in [1.807, 2.05) is 59.2 Å². The summed E-state index contributed by atoms with van der Waals surface area (Å²) in [7, 11) is 0. The lowest BCUT2D eigenvalue weighted by molar-refractivity contribution is 0.132. The summed E-state index contributed by atoms with van der Waals surface area (Å²) in [5.41, 5.74) is 9.36. The summed E-state index contributed by atoms with van der Waals surface area (Å²) in [4.78, 5) is 3.60. The van der Waals surface area contributed by atoms with Gasteiger partial charge in [0.05, 0.1) is 12.3 Å². The second-order valence-electron chi connectivity index (χ2n) is 5.51. The molecule has 118 valence electrons. The molecule has 0 saturated carbocycles. The number of nitrogens with zero attached hydrogens (tertiary/aromatic N) is 2. The number of benzene rings is 2. The number of aromatic nitrogens is 1. The van der Waals surface area contributed by atoms with Crippen molar-refractivity contribution in [3.8, 4) is 17.2 Å². The summed E-state index contributed by atoms with van der Waals surface area (Å²) in [6.07, 6.45) is 0. The van der Waals surface area contributed by atoms with Crippen LogP contribution < -0.4 is 10.5 Å². The van der Waals surface area contributed by atoms with Crippen molar-refractivity contribution in [3.05, 3.63) is 77.3 Å². The van der Waals surface area contributed by atoms with Crippen LogP contribution in [0, 0.1) is 6.57 Å². The van der Waals surface area contributed by atoms with Crippen LogP contribution in [-0.4, -0.2) is 4.57 Å².